The van der Waals surface area contributed by atoms with Gasteiger partial charge < -0.3 is 10.3 Å². The van der Waals surface area contributed by atoms with Crippen LogP contribution in [0.1, 0.15) is 16.1 Å². The number of pyridine rings is 1. The van der Waals surface area contributed by atoms with Crippen molar-refractivity contribution in [2.45, 2.75) is 6.42 Å². The van der Waals surface area contributed by atoms with Gasteiger partial charge >= 0.3 is 0 Å². The lowest BCUT2D eigenvalue weighted by Gasteiger charge is -2.06. The summed E-state index contributed by atoms with van der Waals surface area (Å²) in [6, 6.07) is 11.7. The van der Waals surface area contributed by atoms with Gasteiger partial charge in [-0.1, -0.05) is 12.1 Å². The molecule has 1 aromatic carbocycles. The van der Waals surface area contributed by atoms with E-state index in [0.717, 1.165) is 34.3 Å². The lowest BCUT2D eigenvalue weighted by atomic mass is 10.1. The Morgan fingerprint density at radius 1 is 1.24 bits per heavy atom. The maximum Gasteiger partial charge on any atom is 0.248 e. The van der Waals surface area contributed by atoms with E-state index in [9.17, 15) is 4.79 Å². The second-order valence-electron chi connectivity index (χ2n) is 5.12. The van der Waals surface area contributed by atoms with E-state index in [1.165, 1.54) is 0 Å². The number of hydrogen-bond acceptors (Lipinski definition) is 2. The quantitative estimate of drug-likeness (QED) is 0.742. The highest BCUT2D eigenvalue weighted by atomic mass is 16.1. The molecular formula is C17H13N3O. The summed E-state index contributed by atoms with van der Waals surface area (Å²) in [5.41, 5.74) is 10.2. The summed E-state index contributed by atoms with van der Waals surface area (Å²) in [6.07, 6.45) is 6.73. The van der Waals surface area contributed by atoms with Crippen LogP contribution in [0.2, 0.25) is 0 Å². The van der Waals surface area contributed by atoms with Crippen LogP contribution in [-0.4, -0.2) is 15.5 Å². The molecule has 1 aliphatic heterocycles. The fourth-order valence-corrected chi connectivity index (χ4v) is 2.85. The lowest BCUT2D eigenvalue weighted by molar-refractivity contribution is 0.100. The summed E-state index contributed by atoms with van der Waals surface area (Å²) in [5.74, 6) is -0.410. The summed E-state index contributed by atoms with van der Waals surface area (Å²) in [7, 11) is 0. The third-order valence-electron chi connectivity index (χ3n) is 3.86. The Labute approximate surface area is 121 Å². The Kier molecular flexibility index (Phi) is 2.44. The molecule has 0 saturated carbocycles. The average Bonchev–Trinajstić information content (AvgIpc) is 2.75. The minimum Gasteiger partial charge on any atom is -0.366 e. The summed E-state index contributed by atoms with van der Waals surface area (Å²) in [6.45, 7) is 0. The zero-order valence-electron chi connectivity index (χ0n) is 11.3. The van der Waals surface area contributed by atoms with Gasteiger partial charge in [0.1, 0.15) is 0 Å². The van der Waals surface area contributed by atoms with Crippen LogP contribution in [0, 0.1) is 0 Å². The number of hydrogen-bond donors (Lipinski definition) is 1. The van der Waals surface area contributed by atoms with Gasteiger partial charge in [-0.2, -0.15) is 0 Å². The molecule has 0 atom stereocenters. The molecule has 0 spiro atoms. The summed E-state index contributed by atoms with van der Waals surface area (Å²) in [5, 5.41) is 1.08. The summed E-state index contributed by atoms with van der Waals surface area (Å²) < 4.78 is 2.09. The standard InChI is InChI=1S/C17H13N3O/c18-17(21)12-6-5-11-9-16-13-3-1-7-19-14(13)4-2-8-20(16)15(11)10-12/h1-3,5-10H,4H2,(H2,18,21). The molecule has 0 aliphatic carbocycles. The molecule has 21 heavy (non-hydrogen) atoms. The van der Waals surface area contributed by atoms with Crippen LogP contribution in [-0.2, 0) is 6.42 Å². The number of benzene rings is 1. The first-order valence-electron chi connectivity index (χ1n) is 6.80. The second kappa shape index (κ2) is 4.31. The van der Waals surface area contributed by atoms with Gasteiger partial charge in [-0.05, 0) is 30.3 Å². The van der Waals surface area contributed by atoms with Gasteiger partial charge in [0.05, 0.1) is 16.9 Å². The van der Waals surface area contributed by atoms with Crippen molar-refractivity contribution in [3.8, 4) is 11.3 Å². The molecule has 0 radical (unpaired) electrons. The van der Waals surface area contributed by atoms with Gasteiger partial charge in [0.15, 0.2) is 0 Å². The van der Waals surface area contributed by atoms with Crippen molar-refractivity contribution in [1.82, 2.24) is 9.55 Å². The topological polar surface area (TPSA) is 60.9 Å². The number of carbonyl (C=O) groups is 1. The maximum absolute atomic E-state index is 11.4. The Balaban J connectivity index is 2.06. The van der Waals surface area contributed by atoms with E-state index in [-0.39, 0.29) is 0 Å². The van der Waals surface area contributed by atoms with Gasteiger partial charge in [-0.3, -0.25) is 9.78 Å². The SMILES string of the molecule is NC(=O)c1ccc2cc3n(c2c1)C=CCc1ncccc1-3. The molecule has 1 amide bonds. The third-order valence-corrected chi connectivity index (χ3v) is 3.86. The first-order valence-corrected chi connectivity index (χ1v) is 6.80. The Hall–Kier alpha value is -2.88. The second-order valence-corrected chi connectivity index (χ2v) is 5.12. The molecule has 0 bridgehead atoms. The fourth-order valence-electron chi connectivity index (χ4n) is 2.85. The predicted octanol–water partition coefficient (Wildman–Crippen LogP) is 2.83. The van der Waals surface area contributed by atoms with Crippen LogP contribution >= 0.6 is 0 Å². The normalized spacial score (nSPS) is 12.8. The number of amides is 1. The number of allylic oxidation sites excluding steroid dienone is 1. The highest BCUT2D eigenvalue weighted by Gasteiger charge is 2.15. The summed E-state index contributed by atoms with van der Waals surface area (Å²) >= 11 is 0. The van der Waals surface area contributed by atoms with E-state index in [4.69, 9.17) is 5.73 Å². The first-order chi connectivity index (χ1) is 10.2. The number of aromatic nitrogens is 2. The van der Waals surface area contributed by atoms with Gasteiger partial charge in [-0.15, -0.1) is 0 Å². The number of nitrogens with zero attached hydrogens (tertiary/aromatic N) is 2. The van der Waals surface area contributed by atoms with Crippen molar-refractivity contribution in [3.05, 3.63) is 59.9 Å². The van der Waals surface area contributed by atoms with E-state index in [0.29, 0.717) is 5.56 Å². The van der Waals surface area contributed by atoms with Gasteiger partial charge in [0.25, 0.3) is 0 Å². The molecule has 4 rings (SSSR count). The van der Waals surface area contributed by atoms with E-state index in [1.807, 2.05) is 30.6 Å². The van der Waals surface area contributed by atoms with Crippen LogP contribution in [0.5, 0.6) is 0 Å². The Morgan fingerprint density at radius 3 is 3.00 bits per heavy atom. The number of primary amides is 1. The van der Waals surface area contributed by atoms with Crippen LogP contribution < -0.4 is 5.73 Å². The van der Waals surface area contributed by atoms with Crippen LogP contribution in [0.15, 0.2) is 48.7 Å². The molecule has 2 aromatic heterocycles. The predicted molar refractivity (Wildman–Crippen MR) is 82.7 cm³/mol. The molecule has 1 aliphatic rings. The van der Waals surface area contributed by atoms with Gasteiger partial charge in [0, 0.05) is 35.3 Å². The Morgan fingerprint density at radius 2 is 2.14 bits per heavy atom. The molecule has 3 aromatic rings. The number of fused-ring (bicyclic) bond motifs is 5. The highest BCUT2D eigenvalue weighted by molar-refractivity contribution is 5.99. The first kappa shape index (κ1) is 11.9. The van der Waals surface area contributed by atoms with Crippen molar-refractivity contribution in [2.24, 2.45) is 5.73 Å². The highest BCUT2D eigenvalue weighted by Crippen LogP contribution is 2.32. The van der Waals surface area contributed by atoms with E-state index in [1.54, 1.807) is 6.07 Å². The van der Waals surface area contributed by atoms with Crippen molar-refractivity contribution in [3.63, 3.8) is 0 Å². The van der Waals surface area contributed by atoms with E-state index in [2.05, 4.69) is 27.8 Å². The largest absolute Gasteiger partial charge is 0.366 e. The van der Waals surface area contributed by atoms with Crippen molar-refractivity contribution in [2.75, 3.05) is 0 Å². The number of carbonyl (C=O) groups excluding carboxylic acids is 1. The van der Waals surface area contributed by atoms with Crippen molar-refractivity contribution < 1.29 is 4.79 Å². The van der Waals surface area contributed by atoms with Gasteiger partial charge in [-0.25, -0.2) is 0 Å². The Bertz CT molecular complexity index is 906. The molecule has 0 fully saturated rings. The van der Waals surface area contributed by atoms with Crippen molar-refractivity contribution in [1.29, 1.82) is 0 Å². The number of nitrogens with two attached hydrogens (primary N) is 1. The molecular weight excluding hydrogens is 262 g/mol. The lowest BCUT2D eigenvalue weighted by Crippen LogP contribution is -2.10. The molecule has 0 saturated heterocycles. The minimum atomic E-state index is -0.410. The maximum atomic E-state index is 11.4. The number of rotatable bonds is 1. The molecule has 102 valence electrons. The molecule has 4 nitrogen and oxygen atoms in total. The van der Waals surface area contributed by atoms with Gasteiger partial charge in [0.2, 0.25) is 5.91 Å². The molecule has 0 unspecified atom stereocenters. The molecule has 4 heteroatoms. The van der Waals surface area contributed by atoms with E-state index >= 15 is 0 Å². The van der Waals surface area contributed by atoms with Crippen LogP contribution in [0.3, 0.4) is 0 Å². The summed E-state index contributed by atoms with van der Waals surface area (Å²) in [4.78, 5) is 15.8. The minimum absolute atomic E-state index is 0.410. The van der Waals surface area contributed by atoms with Crippen LogP contribution in [0.4, 0.5) is 0 Å². The van der Waals surface area contributed by atoms with Crippen molar-refractivity contribution >= 4 is 23.0 Å². The third kappa shape index (κ3) is 1.76. The zero-order chi connectivity index (χ0) is 14.4. The smallest absolute Gasteiger partial charge is 0.248 e. The van der Waals surface area contributed by atoms with Crippen LogP contribution in [0.25, 0.3) is 28.4 Å². The molecule has 3 heterocycles. The average molecular weight is 275 g/mol. The molecule has 2 N–H and O–H groups in total. The zero-order valence-corrected chi connectivity index (χ0v) is 11.3. The monoisotopic (exact) mass is 275 g/mol. The van der Waals surface area contributed by atoms with E-state index < -0.39 is 5.91 Å². The fraction of sp³-hybridized carbons (Fsp3) is 0.0588.